The molecule has 2 aliphatic heterocycles. The van der Waals surface area contributed by atoms with Crippen LogP contribution in [-0.2, 0) is 4.79 Å². The number of amides is 1. The van der Waals surface area contributed by atoms with Gasteiger partial charge in [-0.05, 0) is 24.6 Å². The van der Waals surface area contributed by atoms with Gasteiger partial charge in [-0.3, -0.25) is 9.69 Å². The van der Waals surface area contributed by atoms with Crippen LogP contribution >= 0.6 is 0 Å². The van der Waals surface area contributed by atoms with E-state index >= 15 is 0 Å². The van der Waals surface area contributed by atoms with Crippen LogP contribution in [0.4, 0.5) is 11.6 Å². The van der Waals surface area contributed by atoms with Gasteiger partial charge in [0.1, 0.15) is 11.6 Å². The predicted octanol–water partition coefficient (Wildman–Crippen LogP) is 1.50. The van der Waals surface area contributed by atoms with E-state index in [4.69, 9.17) is 9.84 Å². The summed E-state index contributed by atoms with van der Waals surface area (Å²) in [7, 11) is 0. The third-order valence-corrected chi connectivity index (χ3v) is 5.59. The molecule has 0 spiro atoms. The molecule has 172 valence electrons. The van der Waals surface area contributed by atoms with Gasteiger partial charge in [0.15, 0.2) is 5.75 Å². The zero-order valence-electron chi connectivity index (χ0n) is 18.3. The Morgan fingerprint density at radius 2 is 2.06 bits per heavy atom. The van der Waals surface area contributed by atoms with E-state index in [9.17, 15) is 10.1 Å². The zero-order chi connectivity index (χ0) is 23.0. The van der Waals surface area contributed by atoms with Crippen molar-refractivity contribution < 1.29 is 14.6 Å². The first-order valence-corrected chi connectivity index (χ1v) is 11.0. The molecule has 0 saturated carbocycles. The zero-order valence-corrected chi connectivity index (χ0v) is 18.3. The number of nitrogens with zero attached hydrogens (tertiary/aromatic N) is 5. The second-order valence-electron chi connectivity index (χ2n) is 7.78. The molecule has 1 amide bonds. The van der Waals surface area contributed by atoms with E-state index in [0.29, 0.717) is 62.3 Å². The van der Waals surface area contributed by atoms with Crippen LogP contribution in [0, 0.1) is 11.3 Å². The minimum absolute atomic E-state index is 0.135. The van der Waals surface area contributed by atoms with Gasteiger partial charge in [-0.25, -0.2) is 9.97 Å². The lowest BCUT2D eigenvalue weighted by molar-refractivity contribution is -0.133. The SMILES string of the molecule is N#C/C(=C1\Nc2ccccc2O1)c1ccnc(NCCCC(=O)N2CCN(CCO)CC2)n1. The minimum atomic E-state index is 0.135. The van der Waals surface area contributed by atoms with Crippen molar-refractivity contribution in [2.75, 3.05) is 56.5 Å². The maximum atomic E-state index is 12.4. The van der Waals surface area contributed by atoms with Gasteiger partial charge in [-0.2, -0.15) is 5.26 Å². The number of rotatable bonds is 8. The van der Waals surface area contributed by atoms with Crippen molar-refractivity contribution in [2.45, 2.75) is 12.8 Å². The molecule has 0 aliphatic carbocycles. The standard InChI is InChI=1S/C23H27N7O3/c24-16-17(22-27-19-4-1-2-5-20(19)33-22)18-7-9-26-23(28-18)25-8-3-6-21(32)30-12-10-29(11-13-30)14-15-31/h1-2,4-5,7,9,27,31H,3,6,8,10-15H2,(H,25,26,28)/b22-17-. The average molecular weight is 450 g/mol. The number of nitrogens with one attached hydrogen (secondary N) is 2. The molecule has 10 heteroatoms. The maximum Gasteiger partial charge on any atom is 0.223 e. The highest BCUT2D eigenvalue weighted by molar-refractivity contribution is 5.81. The van der Waals surface area contributed by atoms with Crippen molar-refractivity contribution in [3.8, 4) is 11.8 Å². The summed E-state index contributed by atoms with van der Waals surface area (Å²) < 4.78 is 5.76. The summed E-state index contributed by atoms with van der Waals surface area (Å²) in [5.74, 6) is 1.53. The van der Waals surface area contributed by atoms with E-state index in [1.165, 1.54) is 0 Å². The van der Waals surface area contributed by atoms with Gasteiger partial charge in [0.25, 0.3) is 0 Å². The number of benzene rings is 1. The molecule has 4 rings (SSSR count). The molecule has 0 atom stereocenters. The van der Waals surface area contributed by atoms with E-state index in [2.05, 4.69) is 31.6 Å². The van der Waals surface area contributed by atoms with Crippen LogP contribution < -0.4 is 15.4 Å². The fourth-order valence-electron chi connectivity index (χ4n) is 3.80. The molecule has 1 aromatic heterocycles. The van der Waals surface area contributed by atoms with Crippen LogP contribution in [0.5, 0.6) is 5.75 Å². The summed E-state index contributed by atoms with van der Waals surface area (Å²) in [4.78, 5) is 25.1. The number of fused-ring (bicyclic) bond motifs is 1. The highest BCUT2D eigenvalue weighted by Crippen LogP contribution is 2.35. The highest BCUT2D eigenvalue weighted by Gasteiger charge is 2.22. The molecule has 2 aromatic rings. The molecule has 0 bridgehead atoms. The smallest absolute Gasteiger partial charge is 0.223 e. The van der Waals surface area contributed by atoms with Crippen LogP contribution in [0.2, 0.25) is 0 Å². The summed E-state index contributed by atoms with van der Waals surface area (Å²) in [6.07, 6.45) is 2.67. The Hall–Kier alpha value is -3.68. The Morgan fingerprint density at radius 1 is 1.24 bits per heavy atom. The second-order valence-corrected chi connectivity index (χ2v) is 7.78. The molecule has 0 radical (unpaired) electrons. The van der Waals surface area contributed by atoms with Crippen LogP contribution in [-0.4, -0.2) is 76.7 Å². The van der Waals surface area contributed by atoms with Gasteiger partial charge >= 0.3 is 0 Å². The van der Waals surface area contributed by atoms with Gasteiger partial charge < -0.3 is 25.4 Å². The Balaban J connectivity index is 1.28. The van der Waals surface area contributed by atoms with Crippen molar-refractivity contribution in [3.63, 3.8) is 0 Å². The average Bonchev–Trinajstić information content (AvgIpc) is 3.27. The molecule has 1 aromatic carbocycles. The first kappa shape index (κ1) is 22.5. The van der Waals surface area contributed by atoms with Crippen molar-refractivity contribution in [1.29, 1.82) is 5.26 Å². The number of β-amino-alcohol motifs (C(OH)–C–C–N with tert-alkyl or cyclic N) is 1. The third kappa shape index (κ3) is 5.58. The fraction of sp³-hybridized carbons (Fsp3) is 0.391. The summed E-state index contributed by atoms with van der Waals surface area (Å²) >= 11 is 0. The third-order valence-electron chi connectivity index (χ3n) is 5.59. The van der Waals surface area contributed by atoms with E-state index in [1.807, 2.05) is 29.2 Å². The number of piperazine rings is 1. The van der Waals surface area contributed by atoms with Gasteiger partial charge in [0.05, 0.1) is 18.0 Å². The number of hydrogen-bond donors (Lipinski definition) is 3. The lowest BCUT2D eigenvalue weighted by Gasteiger charge is -2.34. The van der Waals surface area contributed by atoms with Gasteiger partial charge in [0.2, 0.25) is 17.7 Å². The van der Waals surface area contributed by atoms with E-state index in [-0.39, 0.29) is 18.1 Å². The van der Waals surface area contributed by atoms with Gasteiger partial charge in [-0.15, -0.1) is 0 Å². The van der Waals surface area contributed by atoms with Gasteiger partial charge in [-0.1, -0.05) is 12.1 Å². The lowest BCUT2D eigenvalue weighted by atomic mass is 10.2. The molecule has 33 heavy (non-hydrogen) atoms. The molecule has 1 saturated heterocycles. The molecule has 2 aliphatic rings. The monoisotopic (exact) mass is 449 g/mol. The molecular formula is C23H27N7O3. The Kier molecular flexibility index (Phi) is 7.34. The van der Waals surface area contributed by atoms with Crippen molar-refractivity contribution in [3.05, 3.63) is 48.1 Å². The lowest BCUT2D eigenvalue weighted by Crippen LogP contribution is -2.49. The number of hydrogen-bond acceptors (Lipinski definition) is 9. The number of allylic oxidation sites excluding steroid dienone is 1. The van der Waals surface area contributed by atoms with Crippen LogP contribution in [0.25, 0.3) is 5.57 Å². The number of aliphatic hydroxyl groups is 1. The summed E-state index contributed by atoms with van der Waals surface area (Å²) in [5.41, 5.74) is 1.53. The van der Waals surface area contributed by atoms with E-state index in [1.54, 1.807) is 12.3 Å². The summed E-state index contributed by atoms with van der Waals surface area (Å²) in [6, 6.07) is 11.3. The van der Waals surface area contributed by atoms with Crippen LogP contribution in [0.15, 0.2) is 42.4 Å². The normalized spacial score (nSPS) is 16.9. The predicted molar refractivity (Wildman–Crippen MR) is 123 cm³/mol. The van der Waals surface area contributed by atoms with Crippen LogP contribution in [0.1, 0.15) is 18.5 Å². The fourth-order valence-corrected chi connectivity index (χ4v) is 3.80. The van der Waals surface area contributed by atoms with Crippen molar-refractivity contribution >= 4 is 23.1 Å². The first-order valence-electron chi connectivity index (χ1n) is 11.0. The number of nitriles is 1. The number of ether oxygens (including phenoxy) is 1. The van der Waals surface area contributed by atoms with E-state index in [0.717, 1.165) is 18.8 Å². The quantitative estimate of drug-likeness (QED) is 0.406. The van der Waals surface area contributed by atoms with Gasteiger partial charge in [0, 0.05) is 51.9 Å². The van der Waals surface area contributed by atoms with Crippen molar-refractivity contribution in [2.24, 2.45) is 0 Å². The molecule has 3 heterocycles. The number of aromatic nitrogens is 2. The molecule has 10 nitrogen and oxygen atoms in total. The largest absolute Gasteiger partial charge is 0.437 e. The molecular weight excluding hydrogens is 422 g/mol. The topological polar surface area (TPSA) is 127 Å². The minimum Gasteiger partial charge on any atom is -0.437 e. The highest BCUT2D eigenvalue weighted by atomic mass is 16.5. The first-order chi connectivity index (χ1) is 16.2. The Bertz CT molecular complexity index is 1030. The maximum absolute atomic E-state index is 12.4. The van der Waals surface area contributed by atoms with Crippen molar-refractivity contribution in [1.82, 2.24) is 19.8 Å². The van der Waals surface area contributed by atoms with E-state index < -0.39 is 0 Å². The summed E-state index contributed by atoms with van der Waals surface area (Å²) in [6.45, 7) is 4.33. The number of para-hydroxylation sites is 2. The number of carbonyl (C=O) groups is 1. The van der Waals surface area contributed by atoms with Crippen LogP contribution in [0.3, 0.4) is 0 Å². The second kappa shape index (κ2) is 10.8. The number of carbonyl (C=O) groups excluding carboxylic acids is 1. The Morgan fingerprint density at radius 3 is 2.82 bits per heavy atom. The number of anilines is 2. The number of aliphatic hydroxyl groups excluding tert-OH is 1. The summed E-state index contributed by atoms with van der Waals surface area (Å²) in [5, 5.41) is 24.9. The molecule has 3 N–H and O–H groups in total. The Labute approximate surface area is 192 Å². The molecule has 0 unspecified atom stereocenters. The molecule has 1 fully saturated rings.